The van der Waals surface area contributed by atoms with Gasteiger partial charge in [-0.15, -0.1) is 0 Å². The molecular formula is C27H50O2SiSn. The molecular weight excluding hydrogens is 503 g/mol. The van der Waals surface area contributed by atoms with E-state index in [0.717, 1.165) is 18.6 Å². The molecule has 1 rings (SSSR count). The second-order valence-electron chi connectivity index (χ2n) is 10.2. The van der Waals surface area contributed by atoms with Gasteiger partial charge in [0, 0.05) is 0 Å². The number of methoxy groups -OCH3 is 1. The maximum atomic E-state index is 6.67. The minimum absolute atomic E-state index is 0.259. The van der Waals surface area contributed by atoms with E-state index in [1.54, 1.807) is 7.11 Å². The van der Waals surface area contributed by atoms with Crippen molar-refractivity contribution in [2.75, 3.05) is 7.11 Å². The van der Waals surface area contributed by atoms with E-state index in [2.05, 4.69) is 74.8 Å². The summed E-state index contributed by atoms with van der Waals surface area (Å²) in [6.45, 7) is 14.0. The van der Waals surface area contributed by atoms with Crippen molar-refractivity contribution in [2.24, 2.45) is 0 Å². The van der Waals surface area contributed by atoms with Crippen LogP contribution >= 0.6 is 0 Å². The van der Waals surface area contributed by atoms with Gasteiger partial charge in [-0.05, 0) is 0 Å². The Morgan fingerprint density at radius 3 is 1.81 bits per heavy atom. The molecule has 0 aromatic heterocycles. The first-order chi connectivity index (χ1) is 14.8. The average molecular weight is 553 g/mol. The van der Waals surface area contributed by atoms with Crippen molar-refractivity contribution >= 4 is 26.7 Å². The van der Waals surface area contributed by atoms with Crippen molar-refractivity contribution in [1.29, 1.82) is 0 Å². The summed E-state index contributed by atoms with van der Waals surface area (Å²) in [5.74, 6) is 0.931. The molecule has 0 bridgehead atoms. The summed E-state index contributed by atoms with van der Waals surface area (Å²) in [6, 6.07) is 8.53. The molecule has 1 atom stereocenters. The van der Waals surface area contributed by atoms with Crippen molar-refractivity contribution < 1.29 is 9.16 Å². The Morgan fingerprint density at radius 1 is 0.871 bits per heavy atom. The summed E-state index contributed by atoms with van der Waals surface area (Å²) in [5, 5.41) is 0. The fourth-order valence-electron chi connectivity index (χ4n) is 4.27. The summed E-state index contributed by atoms with van der Waals surface area (Å²) in [4.78, 5) is 0. The van der Waals surface area contributed by atoms with E-state index in [0.29, 0.717) is 0 Å². The Bertz CT molecular complexity index is 585. The second kappa shape index (κ2) is 15.6. The van der Waals surface area contributed by atoms with Crippen molar-refractivity contribution in [3.05, 3.63) is 40.0 Å². The Kier molecular flexibility index (Phi) is 14.4. The van der Waals surface area contributed by atoms with Crippen LogP contribution in [0.1, 0.15) is 71.3 Å². The number of aryl methyl sites for hydroxylation is 1. The van der Waals surface area contributed by atoms with Gasteiger partial charge in [-0.3, -0.25) is 0 Å². The van der Waals surface area contributed by atoms with Crippen molar-refractivity contribution in [3.63, 3.8) is 0 Å². The van der Waals surface area contributed by atoms with Crippen LogP contribution in [0.2, 0.25) is 33.0 Å². The molecule has 0 aliphatic carbocycles. The van der Waals surface area contributed by atoms with Gasteiger partial charge in [0.15, 0.2) is 0 Å². The van der Waals surface area contributed by atoms with Crippen molar-refractivity contribution in [3.8, 4) is 5.75 Å². The molecule has 2 nitrogen and oxygen atoms in total. The predicted octanol–water partition coefficient (Wildman–Crippen LogP) is 8.79. The minimum atomic E-state index is -2.26. The van der Waals surface area contributed by atoms with Crippen molar-refractivity contribution in [2.45, 2.75) is 111 Å². The molecule has 31 heavy (non-hydrogen) atoms. The number of ether oxygens (including phenoxy) is 1. The van der Waals surface area contributed by atoms with E-state index in [-0.39, 0.29) is 6.10 Å². The molecule has 1 aromatic carbocycles. The van der Waals surface area contributed by atoms with Crippen LogP contribution in [0, 0.1) is 0 Å². The third-order valence-electron chi connectivity index (χ3n) is 6.13. The topological polar surface area (TPSA) is 18.5 Å². The molecule has 0 radical (unpaired) electrons. The predicted molar refractivity (Wildman–Crippen MR) is 144 cm³/mol. The fourth-order valence-corrected chi connectivity index (χ4v) is 19.8. The third kappa shape index (κ3) is 12.5. The SMILES string of the molecule is CCC[CH2][Sn](/[CH]=C/C(CCc1ccc(OC)cc1)O[Si](C)(C)C)([CH2]CCC)[CH2]CCC. The van der Waals surface area contributed by atoms with E-state index in [4.69, 9.17) is 9.16 Å². The first kappa shape index (κ1) is 28.8. The number of rotatable bonds is 17. The van der Waals surface area contributed by atoms with Crippen LogP contribution in [-0.4, -0.2) is 39.9 Å². The van der Waals surface area contributed by atoms with Gasteiger partial charge >= 0.3 is 200 Å². The number of hydrogen-bond acceptors (Lipinski definition) is 2. The van der Waals surface area contributed by atoms with Gasteiger partial charge in [-0.1, -0.05) is 0 Å². The van der Waals surface area contributed by atoms with E-state index in [9.17, 15) is 0 Å². The molecule has 0 aliphatic rings. The Hall–Kier alpha value is -0.264. The molecule has 0 N–H and O–H groups in total. The second-order valence-corrected chi connectivity index (χ2v) is 27.7. The molecule has 0 saturated carbocycles. The van der Waals surface area contributed by atoms with Gasteiger partial charge in [0.25, 0.3) is 0 Å². The first-order valence-corrected chi connectivity index (χ1v) is 23.9. The normalized spacial score (nSPS) is 13.6. The van der Waals surface area contributed by atoms with Gasteiger partial charge in [-0.2, -0.15) is 0 Å². The van der Waals surface area contributed by atoms with Crippen LogP contribution < -0.4 is 4.74 Å². The van der Waals surface area contributed by atoms with E-state index < -0.39 is 26.7 Å². The first-order valence-electron chi connectivity index (χ1n) is 12.8. The van der Waals surface area contributed by atoms with E-state index in [1.165, 1.54) is 57.4 Å². The van der Waals surface area contributed by atoms with Crippen LogP contribution in [0.3, 0.4) is 0 Å². The van der Waals surface area contributed by atoms with Gasteiger partial charge in [0.05, 0.1) is 0 Å². The Morgan fingerprint density at radius 2 is 1.39 bits per heavy atom. The van der Waals surface area contributed by atoms with Gasteiger partial charge in [-0.25, -0.2) is 0 Å². The van der Waals surface area contributed by atoms with Gasteiger partial charge in [0.1, 0.15) is 0 Å². The molecule has 1 unspecified atom stereocenters. The number of benzene rings is 1. The van der Waals surface area contributed by atoms with E-state index >= 15 is 0 Å². The molecule has 0 heterocycles. The maximum absolute atomic E-state index is 6.67. The molecule has 0 spiro atoms. The zero-order chi connectivity index (χ0) is 23.2. The van der Waals surface area contributed by atoms with Crippen LogP contribution in [0.25, 0.3) is 0 Å². The molecule has 178 valence electrons. The summed E-state index contributed by atoms with van der Waals surface area (Å²) in [6.07, 6.45) is 13.2. The van der Waals surface area contributed by atoms with Crippen LogP contribution in [-0.2, 0) is 10.8 Å². The summed E-state index contributed by atoms with van der Waals surface area (Å²) >= 11 is -2.26. The molecule has 0 aliphatic heterocycles. The molecule has 0 saturated heterocycles. The Balaban J connectivity index is 3.00. The number of hydrogen-bond donors (Lipinski definition) is 0. The van der Waals surface area contributed by atoms with Crippen LogP contribution in [0.5, 0.6) is 5.75 Å². The fraction of sp³-hybridized carbons (Fsp3) is 0.704. The zero-order valence-electron chi connectivity index (χ0n) is 21.6. The van der Waals surface area contributed by atoms with E-state index in [1.807, 2.05) is 0 Å². The summed E-state index contributed by atoms with van der Waals surface area (Å²) < 4.78 is 19.4. The quantitative estimate of drug-likeness (QED) is 0.180. The standard InChI is InChI=1S/C15H23O2Si.3C4H9.Sn/c1-6-14(17-18(3,4)5)10-7-13-8-11-15(16-2)12-9-13;3*1-3-4-2;/h1,6,8-9,11-12,14H,7,10H2,2-5H3;3*1,3-4H2,2H3;. The van der Waals surface area contributed by atoms with Crippen LogP contribution in [0.15, 0.2) is 34.4 Å². The van der Waals surface area contributed by atoms with Gasteiger partial charge in [0.2, 0.25) is 0 Å². The molecule has 0 fully saturated rings. The molecule has 1 aromatic rings. The summed E-state index contributed by atoms with van der Waals surface area (Å²) in [7, 11) is 0.134. The monoisotopic (exact) mass is 554 g/mol. The summed E-state index contributed by atoms with van der Waals surface area (Å²) in [5.41, 5.74) is 1.37. The number of unbranched alkanes of at least 4 members (excludes halogenated alkanes) is 3. The molecule has 4 heteroatoms. The molecule has 0 amide bonds. The Labute approximate surface area is 199 Å². The van der Waals surface area contributed by atoms with Gasteiger partial charge < -0.3 is 0 Å². The third-order valence-corrected chi connectivity index (χ3v) is 21.3. The average Bonchev–Trinajstić information content (AvgIpc) is 2.75. The van der Waals surface area contributed by atoms with Crippen molar-refractivity contribution in [1.82, 2.24) is 0 Å². The zero-order valence-corrected chi connectivity index (χ0v) is 25.5. The van der Waals surface area contributed by atoms with Crippen LogP contribution in [0.4, 0.5) is 0 Å².